The Morgan fingerprint density at radius 3 is 2.63 bits per heavy atom. The topological polar surface area (TPSA) is 51.1 Å². The van der Waals surface area contributed by atoms with Crippen molar-refractivity contribution in [1.29, 1.82) is 0 Å². The molecule has 138 valence electrons. The first-order valence-electron chi connectivity index (χ1n) is 8.38. The number of carbonyl (C=O) groups excluding carboxylic acids is 1. The molecule has 0 aliphatic carbocycles. The lowest BCUT2D eigenvalue weighted by Gasteiger charge is -2.12. The molecule has 1 aromatic heterocycles. The second-order valence-corrected chi connectivity index (χ2v) is 7.13. The zero-order valence-corrected chi connectivity index (χ0v) is 16.4. The molecule has 0 saturated carbocycles. The van der Waals surface area contributed by atoms with Crippen LogP contribution in [0.15, 0.2) is 59.5 Å². The molecule has 6 heteroatoms. The van der Waals surface area contributed by atoms with Crippen molar-refractivity contribution in [3.8, 4) is 0 Å². The van der Waals surface area contributed by atoms with Gasteiger partial charge in [0.05, 0.1) is 22.3 Å². The number of aryl methyl sites for hydroxylation is 2. The molecule has 0 unspecified atom stereocenters. The van der Waals surface area contributed by atoms with Crippen LogP contribution in [0.2, 0.25) is 10.0 Å². The Morgan fingerprint density at radius 1 is 1.07 bits per heavy atom. The minimum Gasteiger partial charge on any atom is -0.320 e. The molecule has 0 fully saturated rings. The second-order valence-electron chi connectivity index (χ2n) is 6.34. The molecular formula is C21H18Cl2N2O2. The number of anilines is 1. The minimum absolute atomic E-state index is 0.0406. The van der Waals surface area contributed by atoms with Crippen LogP contribution in [0, 0.1) is 13.8 Å². The number of hydrogen-bond acceptors (Lipinski definition) is 2. The number of amides is 1. The molecule has 3 aromatic rings. The number of pyridine rings is 1. The van der Waals surface area contributed by atoms with Crippen molar-refractivity contribution < 1.29 is 4.79 Å². The third-order valence-electron chi connectivity index (χ3n) is 4.31. The zero-order valence-electron chi connectivity index (χ0n) is 14.9. The van der Waals surface area contributed by atoms with Gasteiger partial charge in [0.1, 0.15) is 5.56 Å². The van der Waals surface area contributed by atoms with Gasteiger partial charge < -0.3 is 9.88 Å². The highest BCUT2D eigenvalue weighted by Gasteiger charge is 2.15. The van der Waals surface area contributed by atoms with Gasteiger partial charge in [-0.15, -0.1) is 0 Å². The van der Waals surface area contributed by atoms with Gasteiger partial charge in [-0.2, -0.15) is 0 Å². The van der Waals surface area contributed by atoms with Crippen molar-refractivity contribution in [2.75, 3.05) is 5.32 Å². The Hall–Kier alpha value is -2.56. The lowest BCUT2D eigenvalue weighted by atomic mass is 10.1. The Bertz CT molecular complexity index is 1070. The minimum atomic E-state index is -0.528. The fourth-order valence-electron chi connectivity index (χ4n) is 2.78. The summed E-state index contributed by atoms with van der Waals surface area (Å²) in [7, 11) is 0. The molecule has 3 rings (SSSR count). The highest BCUT2D eigenvalue weighted by molar-refractivity contribution is 6.44. The average molecular weight is 401 g/mol. The van der Waals surface area contributed by atoms with E-state index < -0.39 is 5.91 Å². The molecule has 1 heterocycles. The first-order valence-corrected chi connectivity index (χ1v) is 9.13. The number of benzene rings is 2. The molecule has 0 aliphatic rings. The summed E-state index contributed by atoms with van der Waals surface area (Å²) in [6, 6.07) is 14.2. The molecule has 1 N–H and O–H groups in total. The summed E-state index contributed by atoms with van der Waals surface area (Å²) in [6.45, 7) is 4.40. The monoisotopic (exact) mass is 400 g/mol. The quantitative estimate of drug-likeness (QED) is 0.664. The standard InChI is InChI=1S/C21H18Cl2N2O2/c1-13-8-9-14(2)15(11-13)12-25-10-4-5-16(21(25)27)20(26)24-18-7-3-6-17(22)19(18)23/h3-11H,12H2,1-2H3,(H,24,26). The molecule has 0 atom stereocenters. The molecule has 0 radical (unpaired) electrons. The Balaban J connectivity index is 1.90. The predicted octanol–water partition coefficient (Wildman–Crippen LogP) is 5.07. The SMILES string of the molecule is Cc1ccc(C)c(Cn2cccc(C(=O)Nc3cccc(Cl)c3Cl)c2=O)c1. The molecule has 0 saturated heterocycles. The fourth-order valence-corrected chi connectivity index (χ4v) is 3.13. The number of rotatable bonds is 4. The molecule has 1 amide bonds. The van der Waals surface area contributed by atoms with Gasteiger partial charge in [0.15, 0.2) is 0 Å². The largest absolute Gasteiger partial charge is 0.320 e. The van der Waals surface area contributed by atoms with Gasteiger partial charge in [0.25, 0.3) is 11.5 Å². The van der Waals surface area contributed by atoms with E-state index in [2.05, 4.69) is 5.32 Å². The van der Waals surface area contributed by atoms with Crippen LogP contribution in [0.4, 0.5) is 5.69 Å². The average Bonchev–Trinajstić information content (AvgIpc) is 2.63. The zero-order chi connectivity index (χ0) is 19.6. The van der Waals surface area contributed by atoms with Crippen molar-refractivity contribution in [2.24, 2.45) is 0 Å². The number of carbonyl (C=O) groups is 1. The third-order valence-corrected chi connectivity index (χ3v) is 5.13. The Kier molecular flexibility index (Phi) is 5.68. The summed E-state index contributed by atoms with van der Waals surface area (Å²) in [6.07, 6.45) is 1.67. The summed E-state index contributed by atoms with van der Waals surface area (Å²) in [4.78, 5) is 25.4. The lowest BCUT2D eigenvalue weighted by molar-refractivity contribution is 0.102. The van der Waals surface area contributed by atoms with Crippen LogP contribution in [0.5, 0.6) is 0 Å². The van der Waals surface area contributed by atoms with Gasteiger partial charge in [-0.3, -0.25) is 9.59 Å². The van der Waals surface area contributed by atoms with Crippen LogP contribution >= 0.6 is 23.2 Å². The number of hydrogen-bond donors (Lipinski definition) is 1. The van der Waals surface area contributed by atoms with Crippen molar-refractivity contribution in [3.05, 3.63) is 97.4 Å². The smallest absolute Gasteiger partial charge is 0.263 e. The van der Waals surface area contributed by atoms with E-state index in [-0.39, 0.29) is 16.1 Å². The normalized spacial score (nSPS) is 10.7. The van der Waals surface area contributed by atoms with E-state index in [1.165, 1.54) is 10.6 Å². The van der Waals surface area contributed by atoms with Crippen LogP contribution in [-0.4, -0.2) is 10.5 Å². The molecule has 0 bridgehead atoms. The van der Waals surface area contributed by atoms with Gasteiger partial charge in [-0.25, -0.2) is 0 Å². The van der Waals surface area contributed by atoms with Gasteiger partial charge in [0.2, 0.25) is 0 Å². The van der Waals surface area contributed by atoms with E-state index in [1.54, 1.807) is 30.5 Å². The molecule has 0 aliphatic heterocycles. The maximum absolute atomic E-state index is 12.8. The molecule has 0 spiro atoms. The number of aromatic nitrogens is 1. The van der Waals surface area contributed by atoms with Crippen molar-refractivity contribution in [2.45, 2.75) is 20.4 Å². The third kappa shape index (κ3) is 4.24. The second kappa shape index (κ2) is 7.99. The van der Waals surface area contributed by atoms with Crippen molar-refractivity contribution in [1.82, 2.24) is 4.57 Å². The van der Waals surface area contributed by atoms with Crippen LogP contribution in [0.25, 0.3) is 0 Å². The van der Waals surface area contributed by atoms with Crippen LogP contribution in [0.1, 0.15) is 27.0 Å². The van der Waals surface area contributed by atoms with E-state index in [0.29, 0.717) is 17.3 Å². The number of nitrogens with one attached hydrogen (secondary N) is 1. The van der Waals surface area contributed by atoms with E-state index >= 15 is 0 Å². The fraction of sp³-hybridized carbons (Fsp3) is 0.143. The highest BCUT2D eigenvalue weighted by Crippen LogP contribution is 2.29. The summed E-state index contributed by atoms with van der Waals surface area (Å²) in [5.74, 6) is -0.528. The first-order chi connectivity index (χ1) is 12.9. The van der Waals surface area contributed by atoms with Gasteiger partial charge in [-0.1, -0.05) is 53.0 Å². The summed E-state index contributed by atoms with van der Waals surface area (Å²) in [5.41, 5.74) is 3.28. The number of halogens is 2. The van der Waals surface area contributed by atoms with E-state index in [1.807, 2.05) is 32.0 Å². The predicted molar refractivity (Wildman–Crippen MR) is 110 cm³/mol. The van der Waals surface area contributed by atoms with Gasteiger partial charge in [-0.05, 0) is 49.2 Å². The van der Waals surface area contributed by atoms with Gasteiger partial charge in [0, 0.05) is 6.20 Å². The maximum Gasteiger partial charge on any atom is 0.263 e. The summed E-state index contributed by atoms with van der Waals surface area (Å²) < 4.78 is 1.52. The highest BCUT2D eigenvalue weighted by atomic mass is 35.5. The Morgan fingerprint density at radius 2 is 1.85 bits per heavy atom. The van der Waals surface area contributed by atoms with E-state index in [0.717, 1.165) is 16.7 Å². The first kappa shape index (κ1) is 19.2. The number of nitrogens with zero attached hydrogens (tertiary/aromatic N) is 1. The molecule has 27 heavy (non-hydrogen) atoms. The Labute approximate surface area is 167 Å². The van der Waals surface area contributed by atoms with Crippen LogP contribution in [-0.2, 0) is 6.54 Å². The molecule has 4 nitrogen and oxygen atoms in total. The summed E-state index contributed by atoms with van der Waals surface area (Å²) in [5, 5.41) is 3.21. The van der Waals surface area contributed by atoms with E-state index in [9.17, 15) is 9.59 Å². The molecule has 2 aromatic carbocycles. The maximum atomic E-state index is 12.8. The van der Waals surface area contributed by atoms with Gasteiger partial charge >= 0.3 is 0 Å². The lowest BCUT2D eigenvalue weighted by Crippen LogP contribution is -2.29. The van der Waals surface area contributed by atoms with Crippen LogP contribution < -0.4 is 10.9 Å². The van der Waals surface area contributed by atoms with Crippen LogP contribution in [0.3, 0.4) is 0 Å². The van der Waals surface area contributed by atoms with E-state index in [4.69, 9.17) is 23.2 Å². The summed E-state index contributed by atoms with van der Waals surface area (Å²) >= 11 is 12.1. The van der Waals surface area contributed by atoms with Crippen molar-refractivity contribution >= 4 is 34.8 Å². The van der Waals surface area contributed by atoms with Crippen molar-refractivity contribution in [3.63, 3.8) is 0 Å². The molecular weight excluding hydrogens is 383 g/mol.